The molecular weight excluding hydrogens is 232 g/mol. The number of hydrogen-bond donors (Lipinski definition) is 3. The molecule has 5 heteroatoms. The monoisotopic (exact) mass is 256 g/mol. The molecule has 1 saturated carbocycles. The zero-order valence-electron chi connectivity index (χ0n) is 11.5. The maximum absolute atomic E-state index is 12.2. The van der Waals surface area contributed by atoms with Gasteiger partial charge in [0, 0.05) is 12.6 Å². The quantitative estimate of drug-likeness (QED) is 0.687. The van der Waals surface area contributed by atoms with E-state index in [1.165, 1.54) is 0 Å². The molecule has 1 amide bonds. The molecule has 18 heavy (non-hydrogen) atoms. The van der Waals surface area contributed by atoms with Crippen LogP contribution in [0.15, 0.2) is 0 Å². The summed E-state index contributed by atoms with van der Waals surface area (Å²) in [6.45, 7) is 5.47. The van der Waals surface area contributed by atoms with Crippen LogP contribution in [0.25, 0.3) is 0 Å². The zero-order valence-corrected chi connectivity index (χ0v) is 11.5. The number of carboxylic acids is 1. The molecule has 0 aromatic heterocycles. The summed E-state index contributed by atoms with van der Waals surface area (Å²) in [6.07, 6.45) is 3.06. The minimum Gasteiger partial charge on any atom is -0.481 e. The second-order valence-corrected chi connectivity index (χ2v) is 5.82. The number of aliphatic carboxylic acids is 1. The van der Waals surface area contributed by atoms with Gasteiger partial charge in [0.2, 0.25) is 5.91 Å². The van der Waals surface area contributed by atoms with Gasteiger partial charge < -0.3 is 16.2 Å². The van der Waals surface area contributed by atoms with Crippen molar-refractivity contribution >= 4 is 11.9 Å². The van der Waals surface area contributed by atoms with Crippen LogP contribution in [0.5, 0.6) is 0 Å². The topological polar surface area (TPSA) is 92.4 Å². The molecule has 0 saturated heterocycles. The molecule has 5 nitrogen and oxygen atoms in total. The molecule has 0 heterocycles. The molecule has 1 fully saturated rings. The lowest BCUT2D eigenvalue weighted by Gasteiger charge is -2.30. The van der Waals surface area contributed by atoms with Crippen LogP contribution in [0.4, 0.5) is 0 Å². The molecule has 1 rings (SSSR count). The van der Waals surface area contributed by atoms with Crippen molar-refractivity contribution in [2.45, 2.75) is 52.5 Å². The van der Waals surface area contributed by atoms with Crippen molar-refractivity contribution in [1.29, 1.82) is 0 Å². The number of nitrogens with two attached hydrogens (primary N) is 1. The fourth-order valence-electron chi connectivity index (χ4n) is 2.30. The van der Waals surface area contributed by atoms with Gasteiger partial charge in [-0.25, -0.2) is 0 Å². The summed E-state index contributed by atoms with van der Waals surface area (Å²) in [6, 6.07) is -0.129. The standard InChI is InChI=1S/C13H24N2O3/c1-4-12(2,11(17)18)8-15-10(16)13(3)7-5-6-9(13)14/h9H,4-8,14H2,1-3H3,(H,15,16)(H,17,18). The fourth-order valence-corrected chi connectivity index (χ4v) is 2.30. The highest BCUT2D eigenvalue weighted by molar-refractivity contribution is 5.84. The van der Waals surface area contributed by atoms with Crippen molar-refractivity contribution in [3.05, 3.63) is 0 Å². The molecule has 0 aromatic carbocycles. The lowest BCUT2D eigenvalue weighted by Crippen LogP contribution is -2.50. The molecule has 0 aromatic rings. The van der Waals surface area contributed by atoms with Crippen LogP contribution in [0.2, 0.25) is 0 Å². The first-order valence-electron chi connectivity index (χ1n) is 6.53. The number of carbonyl (C=O) groups excluding carboxylic acids is 1. The van der Waals surface area contributed by atoms with Gasteiger partial charge in [-0.2, -0.15) is 0 Å². The maximum atomic E-state index is 12.2. The van der Waals surface area contributed by atoms with Crippen LogP contribution in [-0.2, 0) is 9.59 Å². The number of hydrogen-bond acceptors (Lipinski definition) is 3. The summed E-state index contributed by atoms with van der Waals surface area (Å²) < 4.78 is 0. The van der Waals surface area contributed by atoms with Crippen LogP contribution in [0.3, 0.4) is 0 Å². The first kappa shape index (κ1) is 15.0. The lowest BCUT2D eigenvalue weighted by molar-refractivity contribution is -0.148. The average Bonchev–Trinajstić information content (AvgIpc) is 2.67. The van der Waals surface area contributed by atoms with E-state index in [2.05, 4.69) is 5.32 Å². The Hall–Kier alpha value is -1.10. The van der Waals surface area contributed by atoms with Crippen LogP contribution in [0.1, 0.15) is 46.5 Å². The molecule has 104 valence electrons. The first-order valence-corrected chi connectivity index (χ1v) is 6.53. The Kier molecular flexibility index (Phi) is 4.37. The van der Waals surface area contributed by atoms with Gasteiger partial charge >= 0.3 is 5.97 Å². The summed E-state index contributed by atoms with van der Waals surface area (Å²) in [5.41, 5.74) is 4.51. The number of carbonyl (C=O) groups is 2. The van der Waals surface area contributed by atoms with Crippen molar-refractivity contribution in [1.82, 2.24) is 5.32 Å². The minimum absolute atomic E-state index is 0.117. The van der Waals surface area contributed by atoms with Crippen molar-refractivity contribution in [3.63, 3.8) is 0 Å². The minimum atomic E-state index is -0.908. The maximum Gasteiger partial charge on any atom is 0.311 e. The van der Waals surface area contributed by atoms with Crippen LogP contribution >= 0.6 is 0 Å². The largest absolute Gasteiger partial charge is 0.481 e. The van der Waals surface area contributed by atoms with Gasteiger partial charge in [0.15, 0.2) is 0 Å². The van der Waals surface area contributed by atoms with Crippen LogP contribution in [-0.4, -0.2) is 29.6 Å². The molecule has 0 radical (unpaired) electrons. The normalized spacial score (nSPS) is 30.8. The summed E-state index contributed by atoms with van der Waals surface area (Å²) in [5, 5.41) is 11.9. The number of amides is 1. The summed E-state index contributed by atoms with van der Waals surface area (Å²) >= 11 is 0. The van der Waals surface area contributed by atoms with Gasteiger partial charge in [0.25, 0.3) is 0 Å². The number of rotatable bonds is 5. The fraction of sp³-hybridized carbons (Fsp3) is 0.846. The molecule has 1 aliphatic carbocycles. The Labute approximate surface area is 108 Å². The predicted molar refractivity (Wildman–Crippen MR) is 69.0 cm³/mol. The van der Waals surface area contributed by atoms with E-state index < -0.39 is 16.8 Å². The molecule has 0 aliphatic heterocycles. The molecule has 0 spiro atoms. The second kappa shape index (κ2) is 5.26. The lowest BCUT2D eigenvalue weighted by atomic mass is 9.83. The SMILES string of the molecule is CCC(C)(CNC(=O)C1(C)CCCC1N)C(=O)O. The van der Waals surface area contributed by atoms with Crippen LogP contribution in [0, 0.1) is 10.8 Å². The van der Waals surface area contributed by atoms with E-state index in [0.29, 0.717) is 6.42 Å². The van der Waals surface area contributed by atoms with E-state index >= 15 is 0 Å². The van der Waals surface area contributed by atoms with E-state index in [9.17, 15) is 9.59 Å². The Balaban J connectivity index is 2.64. The second-order valence-electron chi connectivity index (χ2n) is 5.82. The van der Waals surface area contributed by atoms with Crippen molar-refractivity contribution in [3.8, 4) is 0 Å². The molecule has 0 bridgehead atoms. The van der Waals surface area contributed by atoms with E-state index in [1.807, 2.05) is 13.8 Å². The molecule has 3 atom stereocenters. The van der Waals surface area contributed by atoms with Gasteiger partial charge in [-0.3, -0.25) is 9.59 Å². The highest BCUT2D eigenvalue weighted by atomic mass is 16.4. The molecular formula is C13H24N2O3. The summed E-state index contributed by atoms with van der Waals surface area (Å²) in [4.78, 5) is 23.3. The van der Waals surface area contributed by atoms with Crippen molar-refractivity contribution in [2.24, 2.45) is 16.6 Å². The highest BCUT2D eigenvalue weighted by Gasteiger charge is 2.43. The Bertz CT molecular complexity index is 345. The van der Waals surface area contributed by atoms with Gasteiger partial charge in [-0.05, 0) is 33.1 Å². The summed E-state index contributed by atoms with van der Waals surface area (Å²) in [5.74, 6) is -1.00. The highest BCUT2D eigenvalue weighted by Crippen LogP contribution is 2.37. The predicted octanol–water partition coefficient (Wildman–Crippen LogP) is 1.12. The Morgan fingerprint density at radius 1 is 1.56 bits per heavy atom. The van der Waals surface area contributed by atoms with Gasteiger partial charge in [-0.15, -0.1) is 0 Å². The van der Waals surface area contributed by atoms with E-state index in [1.54, 1.807) is 6.92 Å². The average molecular weight is 256 g/mol. The zero-order chi connectivity index (χ0) is 14.0. The molecule has 4 N–H and O–H groups in total. The molecule has 3 unspecified atom stereocenters. The molecule has 1 aliphatic rings. The van der Waals surface area contributed by atoms with E-state index in [4.69, 9.17) is 10.8 Å². The Morgan fingerprint density at radius 3 is 2.56 bits per heavy atom. The smallest absolute Gasteiger partial charge is 0.311 e. The van der Waals surface area contributed by atoms with Crippen molar-refractivity contribution in [2.75, 3.05) is 6.54 Å². The van der Waals surface area contributed by atoms with Gasteiger partial charge in [0.1, 0.15) is 0 Å². The first-order chi connectivity index (χ1) is 8.26. The third kappa shape index (κ3) is 2.66. The van der Waals surface area contributed by atoms with E-state index in [-0.39, 0.29) is 18.5 Å². The number of nitrogens with one attached hydrogen (secondary N) is 1. The summed E-state index contributed by atoms with van der Waals surface area (Å²) in [7, 11) is 0. The Morgan fingerprint density at radius 2 is 2.17 bits per heavy atom. The third-order valence-electron chi connectivity index (χ3n) is 4.48. The third-order valence-corrected chi connectivity index (χ3v) is 4.48. The van der Waals surface area contributed by atoms with Gasteiger partial charge in [-0.1, -0.05) is 13.3 Å². The van der Waals surface area contributed by atoms with E-state index in [0.717, 1.165) is 19.3 Å². The van der Waals surface area contributed by atoms with Crippen LogP contribution < -0.4 is 11.1 Å². The van der Waals surface area contributed by atoms with Crippen molar-refractivity contribution < 1.29 is 14.7 Å². The van der Waals surface area contributed by atoms with Gasteiger partial charge in [0.05, 0.1) is 10.8 Å². The number of carboxylic acid groups (broad SMARTS) is 1.